The van der Waals surface area contributed by atoms with Crippen LogP contribution in [0.3, 0.4) is 0 Å². The maximum Gasteiger partial charge on any atom is 0.270 e. The number of nitrogens with one attached hydrogen (secondary N) is 1. The molecule has 2 aromatic heterocycles. The third-order valence-corrected chi connectivity index (χ3v) is 6.49. The minimum absolute atomic E-state index is 0.175. The summed E-state index contributed by atoms with van der Waals surface area (Å²) >= 11 is 1.38. The second-order valence-corrected chi connectivity index (χ2v) is 8.39. The number of amides is 2. The van der Waals surface area contributed by atoms with E-state index in [2.05, 4.69) is 25.2 Å². The van der Waals surface area contributed by atoms with Crippen LogP contribution in [0.25, 0.3) is 10.7 Å². The highest BCUT2D eigenvalue weighted by Gasteiger charge is 2.29. The highest BCUT2D eigenvalue weighted by molar-refractivity contribution is 7.13. The number of aromatic nitrogens is 3. The zero-order valence-electron chi connectivity index (χ0n) is 16.4. The van der Waals surface area contributed by atoms with Gasteiger partial charge in [-0.2, -0.15) is 0 Å². The van der Waals surface area contributed by atoms with Crippen molar-refractivity contribution in [1.29, 1.82) is 0 Å². The summed E-state index contributed by atoms with van der Waals surface area (Å²) in [6.45, 7) is 4.64. The zero-order valence-corrected chi connectivity index (χ0v) is 17.2. The van der Waals surface area contributed by atoms with Gasteiger partial charge in [0.2, 0.25) is 5.91 Å². The predicted octanol–water partition coefficient (Wildman–Crippen LogP) is 1.66. The number of carbonyl (C=O) groups excluding carboxylic acids is 2. The summed E-state index contributed by atoms with van der Waals surface area (Å²) < 4.78 is 0. The molecule has 1 aliphatic carbocycles. The van der Waals surface area contributed by atoms with Gasteiger partial charge < -0.3 is 10.2 Å². The Bertz CT molecular complexity index is 829. The Morgan fingerprint density at radius 1 is 1.14 bits per heavy atom. The molecule has 8 nitrogen and oxygen atoms in total. The standard InChI is InChI=1S/C20H26N6O2S/c27-18(17-14-29-19(24-17)16-13-21-5-6-22-16)23-7-8-25-9-11-26(12-10-25)20(28)15-3-1-2-4-15/h5-6,13-15H,1-4,7-12H2,(H,23,27). The molecule has 2 aromatic rings. The molecule has 3 heterocycles. The van der Waals surface area contributed by atoms with Gasteiger partial charge in [-0.15, -0.1) is 11.3 Å². The molecule has 0 atom stereocenters. The van der Waals surface area contributed by atoms with E-state index < -0.39 is 0 Å². The summed E-state index contributed by atoms with van der Waals surface area (Å²) in [4.78, 5) is 41.8. The van der Waals surface area contributed by atoms with E-state index in [1.807, 2.05) is 4.90 Å². The zero-order chi connectivity index (χ0) is 20.1. The molecule has 154 valence electrons. The number of hydrogen-bond donors (Lipinski definition) is 1. The van der Waals surface area contributed by atoms with Gasteiger partial charge in [0, 0.05) is 63.0 Å². The molecule has 2 fully saturated rings. The summed E-state index contributed by atoms with van der Waals surface area (Å²) in [6, 6.07) is 0. The Morgan fingerprint density at radius 2 is 1.93 bits per heavy atom. The maximum absolute atomic E-state index is 12.5. The molecule has 2 amide bonds. The van der Waals surface area contributed by atoms with Gasteiger partial charge in [-0.1, -0.05) is 12.8 Å². The van der Waals surface area contributed by atoms with E-state index in [0.717, 1.165) is 45.6 Å². The first-order valence-corrected chi connectivity index (χ1v) is 11.1. The number of rotatable bonds is 6. The van der Waals surface area contributed by atoms with Gasteiger partial charge in [-0.25, -0.2) is 4.98 Å². The molecule has 1 saturated carbocycles. The average molecular weight is 415 g/mol. The van der Waals surface area contributed by atoms with Crippen LogP contribution >= 0.6 is 11.3 Å². The van der Waals surface area contributed by atoms with Crippen LogP contribution in [0.15, 0.2) is 24.0 Å². The summed E-state index contributed by atoms with van der Waals surface area (Å²) in [6.07, 6.45) is 9.34. The van der Waals surface area contributed by atoms with Crippen LogP contribution < -0.4 is 5.32 Å². The lowest BCUT2D eigenvalue weighted by Crippen LogP contribution is -2.51. The van der Waals surface area contributed by atoms with E-state index in [9.17, 15) is 9.59 Å². The van der Waals surface area contributed by atoms with Crippen LogP contribution in [0.5, 0.6) is 0 Å². The molecular weight excluding hydrogens is 388 g/mol. The lowest BCUT2D eigenvalue weighted by Gasteiger charge is -2.36. The molecule has 1 N–H and O–H groups in total. The number of piperazine rings is 1. The maximum atomic E-state index is 12.5. The van der Waals surface area contributed by atoms with Gasteiger partial charge in [0.15, 0.2) is 0 Å². The van der Waals surface area contributed by atoms with E-state index in [1.165, 1.54) is 24.2 Å². The number of nitrogens with zero attached hydrogens (tertiary/aromatic N) is 5. The van der Waals surface area contributed by atoms with E-state index in [1.54, 1.807) is 24.0 Å². The molecule has 29 heavy (non-hydrogen) atoms. The van der Waals surface area contributed by atoms with Crippen molar-refractivity contribution in [2.45, 2.75) is 25.7 Å². The van der Waals surface area contributed by atoms with Crippen molar-refractivity contribution in [1.82, 2.24) is 30.1 Å². The van der Waals surface area contributed by atoms with Crippen LogP contribution in [-0.2, 0) is 4.79 Å². The van der Waals surface area contributed by atoms with Crippen LogP contribution in [-0.4, -0.2) is 75.8 Å². The molecule has 1 saturated heterocycles. The van der Waals surface area contributed by atoms with Crippen molar-refractivity contribution in [2.24, 2.45) is 5.92 Å². The monoisotopic (exact) mass is 414 g/mol. The first-order chi connectivity index (χ1) is 14.2. The summed E-state index contributed by atoms with van der Waals surface area (Å²) in [7, 11) is 0. The average Bonchev–Trinajstić information content (AvgIpc) is 3.47. The van der Waals surface area contributed by atoms with E-state index in [0.29, 0.717) is 28.8 Å². The van der Waals surface area contributed by atoms with Gasteiger partial charge >= 0.3 is 0 Å². The SMILES string of the molecule is O=C(NCCN1CCN(C(=O)C2CCCC2)CC1)c1csc(-c2cnccn2)n1. The fraction of sp³-hybridized carbons (Fsp3) is 0.550. The smallest absolute Gasteiger partial charge is 0.270 e. The van der Waals surface area contributed by atoms with Gasteiger partial charge in [-0.3, -0.25) is 24.5 Å². The van der Waals surface area contributed by atoms with Crippen molar-refractivity contribution in [3.05, 3.63) is 29.7 Å². The Kier molecular flexibility index (Phi) is 6.46. The quantitative estimate of drug-likeness (QED) is 0.773. The number of carbonyl (C=O) groups is 2. The largest absolute Gasteiger partial charge is 0.349 e. The van der Waals surface area contributed by atoms with Gasteiger partial charge in [0.1, 0.15) is 16.4 Å². The fourth-order valence-electron chi connectivity index (χ4n) is 3.95. The predicted molar refractivity (Wildman–Crippen MR) is 110 cm³/mol. The normalized spacial score (nSPS) is 18.1. The minimum atomic E-state index is -0.175. The molecule has 1 aliphatic heterocycles. The van der Waals surface area contributed by atoms with Gasteiger partial charge in [0.05, 0.1) is 6.20 Å². The highest BCUT2D eigenvalue weighted by Crippen LogP contribution is 2.27. The van der Waals surface area contributed by atoms with E-state index in [4.69, 9.17) is 0 Å². The fourth-order valence-corrected chi connectivity index (χ4v) is 4.71. The molecule has 2 aliphatic rings. The van der Waals surface area contributed by atoms with Crippen molar-refractivity contribution < 1.29 is 9.59 Å². The molecule has 0 unspecified atom stereocenters. The molecule has 0 radical (unpaired) electrons. The first-order valence-electron chi connectivity index (χ1n) is 10.2. The van der Waals surface area contributed by atoms with Crippen LogP contribution in [0, 0.1) is 5.92 Å². The van der Waals surface area contributed by atoms with Crippen LogP contribution in [0.4, 0.5) is 0 Å². The summed E-state index contributed by atoms with van der Waals surface area (Å²) in [5, 5.41) is 5.37. The third kappa shape index (κ3) is 4.97. The van der Waals surface area contributed by atoms with Crippen LogP contribution in [0.2, 0.25) is 0 Å². The van der Waals surface area contributed by atoms with E-state index in [-0.39, 0.29) is 11.8 Å². The Balaban J connectivity index is 1.19. The Labute approximate surface area is 174 Å². The first kappa shape index (κ1) is 19.9. The molecule has 9 heteroatoms. The molecule has 0 bridgehead atoms. The topological polar surface area (TPSA) is 91.3 Å². The number of thiazole rings is 1. The molecular formula is C20H26N6O2S. The number of hydrogen-bond acceptors (Lipinski definition) is 7. The molecule has 4 rings (SSSR count). The van der Waals surface area contributed by atoms with Crippen molar-refractivity contribution >= 4 is 23.2 Å². The highest BCUT2D eigenvalue weighted by atomic mass is 32.1. The van der Waals surface area contributed by atoms with Gasteiger partial charge in [-0.05, 0) is 12.8 Å². The van der Waals surface area contributed by atoms with Gasteiger partial charge in [0.25, 0.3) is 5.91 Å². The summed E-state index contributed by atoms with van der Waals surface area (Å²) in [5.74, 6) is 0.426. The van der Waals surface area contributed by atoms with Crippen molar-refractivity contribution in [2.75, 3.05) is 39.3 Å². The lowest BCUT2D eigenvalue weighted by molar-refractivity contribution is -0.137. The molecule has 0 aromatic carbocycles. The lowest BCUT2D eigenvalue weighted by atomic mass is 10.1. The second-order valence-electron chi connectivity index (χ2n) is 7.53. The second kappa shape index (κ2) is 9.41. The Morgan fingerprint density at radius 3 is 2.66 bits per heavy atom. The Hall–Kier alpha value is -2.39. The van der Waals surface area contributed by atoms with Crippen molar-refractivity contribution in [3.63, 3.8) is 0 Å². The summed E-state index contributed by atoms with van der Waals surface area (Å²) in [5.41, 5.74) is 1.07. The molecule has 0 spiro atoms. The minimum Gasteiger partial charge on any atom is -0.349 e. The van der Waals surface area contributed by atoms with E-state index >= 15 is 0 Å². The van der Waals surface area contributed by atoms with Crippen molar-refractivity contribution in [3.8, 4) is 10.7 Å². The van der Waals surface area contributed by atoms with Crippen LogP contribution in [0.1, 0.15) is 36.2 Å². The third-order valence-electron chi connectivity index (χ3n) is 5.62.